The fourth-order valence-corrected chi connectivity index (χ4v) is 7.67. The van der Waals surface area contributed by atoms with Gasteiger partial charge < -0.3 is 34.7 Å². The van der Waals surface area contributed by atoms with E-state index < -0.39 is 18.2 Å². The van der Waals surface area contributed by atoms with Crippen molar-refractivity contribution in [1.29, 1.82) is 0 Å². The summed E-state index contributed by atoms with van der Waals surface area (Å²) in [7, 11) is 0. The first-order valence-electron chi connectivity index (χ1n) is 18.7. The molecule has 17 nitrogen and oxygen atoms in total. The molecule has 2 aromatic carbocycles. The highest BCUT2D eigenvalue weighted by Gasteiger charge is 2.57. The van der Waals surface area contributed by atoms with Crippen LogP contribution in [0.25, 0.3) is 17.0 Å². The van der Waals surface area contributed by atoms with Crippen molar-refractivity contribution in [3.63, 3.8) is 0 Å². The number of aromatic nitrogens is 5. The maximum absolute atomic E-state index is 13.5. The Morgan fingerprint density at radius 2 is 1.84 bits per heavy atom. The first-order valence-corrected chi connectivity index (χ1v) is 18.7. The van der Waals surface area contributed by atoms with Crippen LogP contribution in [0.5, 0.6) is 5.75 Å². The number of fused-ring (bicyclic) bond motifs is 4. The molecule has 56 heavy (non-hydrogen) atoms. The summed E-state index contributed by atoms with van der Waals surface area (Å²) in [6.07, 6.45) is 9.76. The molecule has 0 bridgehead atoms. The van der Waals surface area contributed by atoms with Crippen molar-refractivity contribution in [2.75, 3.05) is 48.7 Å². The Morgan fingerprint density at radius 1 is 1.00 bits per heavy atom. The lowest BCUT2D eigenvalue weighted by atomic mass is 9.94. The van der Waals surface area contributed by atoms with E-state index in [1.54, 1.807) is 24.5 Å². The molecule has 3 atom stereocenters. The first kappa shape index (κ1) is 35.1. The number of hydrogen-bond acceptors (Lipinski definition) is 13. The summed E-state index contributed by atoms with van der Waals surface area (Å²) in [5, 5.41) is 5.71. The van der Waals surface area contributed by atoms with Gasteiger partial charge in [-0.25, -0.2) is 15.0 Å². The number of imide groups is 1. The van der Waals surface area contributed by atoms with Crippen LogP contribution in [0.15, 0.2) is 73.4 Å². The Kier molecular flexibility index (Phi) is 9.12. The average Bonchev–Trinajstić information content (AvgIpc) is 3.85. The van der Waals surface area contributed by atoms with Crippen LogP contribution in [0.2, 0.25) is 0 Å². The summed E-state index contributed by atoms with van der Waals surface area (Å²) < 4.78 is 13.9. The van der Waals surface area contributed by atoms with E-state index in [4.69, 9.17) is 20.2 Å². The van der Waals surface area contributed by atoms with Gasteiger partial charge in [0.05, 0.1) is 19.0 Å². The molecule has 0 radical (unpaired) electrons. The van der Waals surface area contributed by atoms with Crippen LogP contribution in [0, 0.1) is 0 Å². The molecule has 3 unspecified atom stereocenters. The summed E-state index contributed by atoms with van der Waals surface area (Å²) in [6.45, 7) is 3.11. The molecule has 7 heterocycles. The first-order chi connectivity index (χ1) is 27.3. The van der Waals surface area contributed by atoms with E-state index in [2.05, 4.69) is 42.6 Å². The number of nitrogens with one attached hydrogen (secondary N) is 2. The molecule has 0 spiro atoms. The quantitative estimate of drug-likeness (QED) is 0.101. The predicted octanol–water partition coefficient (Wildman–Crippen LogP) is 3.07. The van der Waals surface area contributed by atoms with E-state index in [9.17, 15) is 19.2 Å². The van der Waals surface area contributed by atoms with Crippen LogP contribution in [0.4, 0.5) is 23.0 Å². The normalized spacial score (nSPS) is 20.4. The molecule has 0 aliphatic carbocycles. The van der Waals surface area contributed by atoms with Crippen LogP contribution in [-0.4, -0.2) is 103 Å². The van der Waals surface area contributed by atoms with E-state index in [1.807, 2.05) is 39.9 Å². The summed E-state index contributed by atoms with van der Waals surface area (Å²) in [5.41, 5.74) is 10.7. The maximum atomic E-state index is 13.5. The SMILES string of the molecule is Nc1cncc(-c2cn3ccnc3c(Nc3ccc(N4CCN(C(=O)CCCCOc5cccc6c5C5OC5N(C5CCC(=O)NC5=O)C6=O)CC4)cc3)n2)n1. The smallest absolute Gasteiger partial charge is 0.257 e. The van der Waals surface area contributed by atoms with E-state index in [0.29, 0.717) is 84.5 Å². The fourth-order valence-electron chi connectivity index (χ4n) is 7.67. The van der Waals surface area contributed by atoms with Crippen LogP contribution in [-0.2, 0) is 19.1 Å². The average molecular weight is 758 g/mol. The van der Waals surface area contributed by atoms with E-state index in [0.717, 1.165) is 24.5 Å². The molecule has 4 aliphatic heterocycles. The van der Waals surface area contributed by atoms with E-state index in [1.165, 1.54) is 11.1 Å². The Morgan fingerprint density at radius 3 is 2.64 bits per heavy atom. The standard InChI is InChI=1S/C39H39N11O6/c40-30-21-41-20-26(44-30)27-22-49-14-13-42-36(49)35(45-27)43-23-7-9-24(10-8-23)47-15-17-48(18-16-47)32(52)6-1-2-19-55-29-5-3-4-25-33(29)34-39(56-34)50(38(25)54)28-11-12-31(51)46-37(28)53/h3-5,7-10,13-14,20-22,28,34,39H,1-2,6,11-12,15-19H2,(H2,40,44)(H,43,45)(H,46,51,53). The lowest BCUT2D eigenvalue weighted by Crippen LogP contribution is -2.56. The molecule has 286 valence electrons. The predicted molar refractivity (Wildman–Crippen MR) is 203 cm³/mol. The van der Waals surface area contributed by atoms with Crippen LogP contribution < -0.4 is 26.0 Å². The zero-order chi connectivity index (χ0) is 38.3. The highest BCUT2D eigenvalue weighted by atomic mass is 16.6. The van der Waals surface area contributed by atoms with Crippen LogP contribution in [0.3, 0.4) is 0 Å². The third kappa shape index (κ3) is 6.81. The second-order valence-electron chi connectivity index (χ2n) is 14.2. The van der Waals surface area contributed by atoms with Gasteiger partial charge in [0.2, 0.25) is 17.7 Å². The molecular formula is C39H39N11O6. The number of benzene rings is 2. The lowest BCUT2D eigenvalue weighted by molar-refractivity contribution is -0.137. The number of unbranched alkanes of at least 4 members (excludes halogenated alkanes) is 1. The Hall–Kier alpha value is -6.62. The van der Waals surface area contributed by atoms with Gasteiger partial charge in [-0.1, -0.05) is 6.07 Å². The molecule has 3 saturated heterocycles. The molecule has 5 aromatic rings. The molecule has 0 saturated carbocycles. The maximum Gasteiger partial charge on any atom is 0.257 e. The van der Waals surface area contributed by atoms with Crippen molar-refractivity contribution < 1.29 is 28.7 Å². The summed E-state index contributed by atoms with van der Waals surface area (Å²) >= 11 is 0. The van der Waals surface area contributed by atoms with Crippen molar-refractivity contribution in [2.24, 2.45) is 0 Å². The molecule has 3 fully saturated rings. The highest BCUT2D eigenvalue weighted by Crippen LogP contribution is 2.51. The number of nitrogens with two attached hydrogens (primary N) is 1. The van der Waals surface area contributed by atoms with Gasteiger partial charge in [-0.3, -0.25) is 34.4 Å². The number of ether oxygens (including phenoxy) is 2. The third-order valence-electron chi connectivity index (χ3n) is 10.6. The van der Waals surface area contributed by atoms with Gasteiger partial charge in [0.15, 0.2) is 17.7 Å². The fraction of sp³-hybridized carbons (Fsp3) is 0.333. The number of piperidine rings is 1. The number of nitrogens with zero attached hydrogens (tertiary/aromatic N) is 8. The topological polar surface area (TPSA) is 206 Å². The molecule has 4 amide bonds. The number of anilines is 4. The largest absolute Gasteiger partial charge is 0.493 e. The lowest BCUT2D eigenvalue weighted by Gasteiger charge is -2.36. The van der Waals surface area contributed by atoms with Gasteiger partial charge in [0, 0.05) is 80.1 Å². The van der Waals surface area contributed by atoms with Gasteiger partial charge in [-0.2, -0.15) is 0 Å². The number of nitrogen functional groups attached to an aromatic ring is 1. The van der Waals surface area contributed by atoms with Crippen LogP contribution >= 0.6 is 0 Å². The number of piperazine rings is 1. The Bertz CT molecular complexity index is 2340. The molecular weight excluding hydrogens is 718 g/mol. The number of imidazole rings is 1. The van der Waals surface area contributed by atoms with Crippen molar-refractivity contribution in [3.8, 4) is 17.1 Å². The zero-order valence-corrected chi connectivity index (χ0v) is 30.3. The minimum absolute atomic E-state index is 0.124. The van der Waals surface area contributed by atoms with E-state index >= 15 is 0 Å². The van der Waals surface area contributed by atoms with Gasteiger partial charge in [-0.05, 0) is 55.7 Å². The number of amides is 4. The minimum Gasteiger partial charge on any atom is -0.493 e. The van der Waals surface area contributed by atoms with Crippen molar-refractivity contribution in [1.82, 2.24) is 39.5 Å². The number of carbonyl (C=O) groups is 4. The monoisotopic (exact) mass is 757 g/mol. The minimum atomic E-state index is -0.746. The van der Waals surface area contributed by atoms with Gasteiger partial charge >= 0.3 is 0 Å². The van der Waals surface area contributed by atoms with Crippen molar-refractivity contribution in [2.45, 2.75) is 50.5 Å². The third-order valence-corrected chi connectivity index (χ3v) is 10.6. The molecule has 17 heteroatoms. The zero-order valence-electron chi connectivity index (χ0n) is 30.3. The summed E-state index contributed by atoms with van der Waals surface area (Å²) in [6, 6.07) is 12.6. The second kappa shape index (κ2) is 14.6. The highest BCUT2D eigenvalue weighted by molar-refractivity contribution is 6.05. The Labute approximate surface area is 320 Å². The van der Waals surface area contributed by atoms with Crippen LogP contribution in [0.1, 0.15) is 54.1 Å². The van der Waals surface area contributed by atoms with Crippen molar-refractivity contribution in [3.05, 3.63) is 84.6 Å². The number of carbonyl (C=O) groups excluding carboxylic acids is 4. The molecule has 9 rings (SSSR count). The molecule has 4 N–H and O–H groups in total. The number of rotatable bonds is 11. The Balaban J connectivity index is 0.738. The summed E-state index contributed by atoms with van der Waals surface area (Å²) in [5.74, 6) is 0.464. The summed E-state index contributed by atoms with van der Waals surface area (Å²) in [4.78, 5) is 74.1. The number of epoxide rings is 1. The second-order valence-corrected chi connectivity index (χ2v) is 14.2. The van der Waals surface area contributed by atoms with Gasteiger partial charge in [0.1, 0.15) is 35.1 Å². The van der Waals surface area contributed by atoms with Gasteiger partial charge in [0.25, 0.3) is 5.91 Å². The van der Waals surface area contributed by atoms with Crippen molar-refractivity contribution >= 4 is 52.3 Å². The number of hydrogen-bond donors (Lipinski definition) is 3. The molecule has 4 aliphatic rings. The molecule has 3 aromatic heterocycles. The van der Waals surface area contributed by atoms with Gasteiger partial charge in [-0.15, -0.1) is 0 Å². The van der Waals surface area contributed by atoms with E-state index in [-0.39, 0.29) is 36.7 Å².